The summed E-state index contributed by atoms with van der Waals surface area (Å²) in [4.78, 5) is 2.40. The third-order valence-electron chi connectivity index (χ3n) is 4.21. The molecule has 0 radical (unpaired) electrons. The maximum absolute atomic E-state index is 13.6. The lowest BCUT2D eigenvalue weighted by atomic mass is 9.99. The van der Waals surface area contributed by atoms with E-state index in [2.05, 4.69) is 10.2 Å². The van der Waals surface area contributed by atoms with Gasteiger partial charge in [0.05, 0.1) is 5.69 Å². The van der Waals surface area contributed by atoms with Crippen LogP contribution in [-0.2, 0) is 0 Å². The van der Waals surface area contributed by atoms with Gasteiger partial charge in [0.25, 0.3) is 0 Å². The summed E-state index contributed by atoms with van der Waals surface area (Å²) in [6.45, 7) is 2.08. The molecule has 1 N–H and O–H groups in total. The van der Waals surface area contributed by atoms with E-state index in [9.17, 15) is 13.2 Å². The Bertz CT molecular complexity index is 478. The molecule has 0 aromatic heterocycles. The minimum atomic E-state index is -1.14. The highest BCUT2D eigenvalue weighted by Gasteiger charge is 2.35. The zero-order valence-corrected chi connectivity index (χ0v) is 10.6. The third kappa shape index (κ3) is 2.43. The largest absolute Gasteiger partial charge is 0.378 e. The molecule has 2 aliphatic rings. The molecule has 5 heteroatoms. The molecule has 2 heterocycles. The lowest BCUT2D eigenvalue weighted by Gasteiger charge is -2.33. The first-order valence-corrected chi connectivity index (χ1v) is 6.80. The van der Waals surface area contributed by atoms with Gasteiger partial charge < -0.3 is 5.32 Å². The molecule has 0 amide bonds. The van der Waals surface area contributed by atoms with Crippen LogP contribution in [0.3, 0.4) is 0 Å². The van der Waals surface area contributed by atoms with Crippen LogP contribution < -0.4 is 5.32 Å². The van der Waals surface area contributed by atoms with Crippen LogP contribution >= 0.6 is 0 Å². The Hall–Kier alpha value is -1.23. The lowest BCUT2D eigenvalue weighted by Crippen LogP contribution is -2.41. The molecule has 19 heavy (non-hydrogen) atoms. The maximum Gasteiger partial charge on any atom is 0.161 e. The van der Waals surface area contributed by atoms with E-state index in [1.54, 1.807) is 0 Å². The Kier molecular flexibility index (Phi) is 3.39. The van der Waals surface area contributed by atoms with E-state index in [0.29, 0.717) is 12.1 Å². The summed E-state index contributed by atoms with van der Waals surface area (Å²) in [5.41, 5.74) is 0.0660. The fourth-order valence-electron chi connectivity index (χ4n) is 3.25. The summed E-state index contributed by atoms with van der Waals surface area (Å²) < 4.78 is 39.7. The van der Waals surface area contributed by atoms with Gasteiger partial charge in [-0.05, 0) is 25.8 Å². The van der Waals surface area contributed by atoms with E-state index < -0.39 is 17.5 Å². The highest BCUT2D eigenvalue weighted by molar-refractivity contribution is 5.46. The molecule has 104 valence electrons. The van der Waals surface area contributed by atoms with E-state index in [0.717, 1.165) is 32.0 Å². The van der Waals surface area contributed by atoms with Crippen molar-refractivity contribution in [3.8, 4) is 0 Å². The number of rotatable bonds is 2. The van der Waals surface area contributed by atoms with Crippen molar-refractivity contribution < 1.29 is 13.2 Å². The summed E-state index contributed by atoms with van der Waals surface area (Å²) in [6.07, 6.45) is 4.40. The molecule has 2 atom stereocenters. The van der Waals surface area contributed by atoms with Crippen molar-refractivity contribution in [1.29, 1.82) is 0 Å². The van der Waals surface area contributed by atoms with Gasteiger partial charge in [-0.25, -0.2) is 13.2 Å². The summed E-state index contributed by atoms with van der Waals surface area (Å²) in [5, 5.41) is 3.05. The zero-order valence-electron chi connectivity index (χ0n) is 10.6. The van der Waals surface area contributed by atoms with Crippen LogP contribution in [0.1, 0.15) is 25.7 Å². The average molecular weight is 270 g/mol. The quantitative estimate of drug-likeness (QED) is 0.831. The van der Waals surface area contributed by atoms with Crippen LogP contribution in [0, 0.1) is 17.5 Å². The van der Waals surface area contributed by atoms with Crippen LogP contribution in [-0.4, -0.2) is 30.1 Å². The van der Waals surface area contributed by atoms with Gasteiger partial charge in [-0.2, -0.15) is 0 Å². The molecule has 2 aliphatic heterocycles. The fraction of sp³-hybridized carbons (Fsp3) is 0.571. The minimum Gasteiger partial charge on any atom is -0.378 e. The first-order chi connectivity index (χ1) is 9.15. The molecule has 1 aromatic carbocycles. The van der Waals surface area contributed by atoms with Gasteiger partial charge in [0, 0.05) is 30.8 Å². The number of fused-ring (bicyclic) bond motifs is 1. The third-order valence-corrected chi connectivity index (χ3v) is 4.21. The number of piperidine rings is 1. The Morgan fingerprint density at radius 1 is 0.947 bits per heavy atom. The van der Waals surface area contributed by atoms with E-state index >= 15 is 0 Å². The number of nitrogens with one attached hydrogen (secondary N) is 1. The topological polar surface area (TPSA) is 15.3 Å². The molecule has 0 saturated carbocycles. The van der Waals surface area contributed by atoms with Crippen LogP contribution in [0.25, 0.3) is 0 Å². The molecule has 2 unspecified atom stereocenters. The molecule has 2 nitrogen and oxygen atoms in total. The lowest BCUT2D eigenvalue weighted by molar-refractivity contribution is 0.192. The molecule has 2 saturated heterocycles. The molecule has 2 fully saturated rings. The Morgan fingerprint density at radius 3 is 2.58 bits per heavy atom. The second kappa shape index (κ2) is 5.04. The van der Waals surface area contributed by atoms with Crippen LogP contribution in [0.5, 0.6) is 0 Å². The summed E-state index contributed by atoms with van der Waals surface area (Å²) in [6, 6.07) is 2.03. The summed E-state index contributed by atoms with van der Waals surface area (Å²) in [7, 11) is 0. The van der Waals surface area contributed by atoms with Crippen molar-refractivity contribution in [3.63, 3.8) is 0 Å². The number of benzene rings is 1. The van der Waals surface area contributed by atoms with E-state index in [4.69, 9.17) is 0 Å². The van der Waals surface area contributed by atoms with Crippen molar-refractivity contribution in [1.82, 2.24) is 4.90 Å². The second-order valence-electron chi connectivity index (χ2n) is 5.38. The van der Waals surface area contributed by atoms with Crippen LogP contribution in [0.4, 0.5) is 18.9 Å². The van der Waals surface area contributed by atoms with E-state index in [1.807, 2.05) is 0 Å². The summed E-state index contributed by atoms with van der Waals surface area (Å²) in [5.74, 6) is -2.88. The Balaban J connectivity index is 1.76. The molecular formula is C14H17F3N2. The SMILES string of the molecule is Fc1cc(F)c(NC2CCN3CCCCC23)cc1F. The number of anilines is 1. The minimum absolute atomic E-state index is 0.0660. The molecule has 3 rings (SSSR count). The normalized spacial score (nSPS) is 27.3. The van der Waals surface area contributed by atoms with E-state index in [-0.39, 0.29) is 11.7 Å². The first kappa shape index (κ1) is 12.8. The Labute approximate surface area is 110 Å². The highest BCUT2D eigenvalue weighted by atomic mass is 19.2. The molecule has 1 aromatic rings. The second-order valence-corrected chi connectivity index (χ2v) is 5.38. The molecule has 0 aliphatic carbocycles. The van der Waals surface area contributed by atoms with Crippen molar-refractivity contribution in [2.75, 3.05) is 18.4 Å². The van der Waals surface area contributed by atoms with Crippen molar-refractivity contribution in [2.24, 2.45) is 0 Å². The predicted octanol–water partition coefficient (Wildman–Crippen LogP) is 3.14. The van der Waals surface area contributed by atoms with Gasteiger partial charge in [-0.15, -0.1) is 0 Å². The molecule has 0 spiro atoms. The van der Waals surface area contributed by atoms with Crippen molar-refractivity contribution in [2.45, 2.75) is 37.8 Å². The van der Waals surface area contributed by atoms with E-state index in [1.165, 1.54) is 12.8 Å². The Morgan fingerprint density at radius 2 is 1.74 bits per heavy atom. The smallest absolute Gasteiger partial charge is 0.161 e. The average Bonchev–Trinajstić information content (AvgIpc) is 2.80. The van der Waals surface area contributed by atoms with Crippen LogP contribution in [0.2, 0.25) is 0 Å². The fourth-order valence-corrected chi connectivity index (χ4v) is 3.25. The van der Waals surface area contributed by atoms with Crippen LogP contribution in [0.15, 0.2) is 12.1 Å². The molecular weight excluding hydrogens is 253 g/mol. The first-order valence-electron chi connectivity index (χ1n) is 6.80. The van der Waals surface area contributed by atoms with Gasteiger partial charge in [-0.3, -0.25) is 4.90 Å². The molecule has 0 bridgehead atoms. The maximum atomic E-state index is 13.6. The number of nitrogens with zero attached hydrogens (tertiary/aromatic N) is 1. The summed E-state index contributed by atoms with van der Waals surface area (Å²) >= 11 is 0. The predicted molar refractivity (Wildman–Crippen MR) is 67.6 cm³/mol. The van der Waals surface area contributed by atoms with Gasteiger partial charge >= 0.3 is 0 Å². The monoisotopic (exact) mass is 270 g/mol. The van der Waals surface area contributed by atoms with Gasteiger partial charge in [0.15, 0.2) is 11.6 Å². The van der Waals surface area contributed by atoms with Crippen molar-refractivity contribution >= 4 is 5.69 Å². The standard InChI is InChI=1S/C14H17F3N2/c15-9-7-11(17)13(8-10(9)16)18-12-4-6-19-5-2-1-3-14(12)19/h7-8,12,14,18H,1-6H2. The van der Waals surface area contributed by atoms with Crippen molar-refractivity contribution in [3.05, 3.63) is 29.6 Å². The number of hydrogen-bond donors (Lipinski definition) is 1. The zero-order chi connectivity index (χ0) is 13.4. The number of halogens is 3. The van der Waals surface area contributed by atoms with Gasteiger partial charge in [0.1, 0.15) is 5.82 Å². The van der Waals surface area contributed by atoms with Gasteiger partial charge in [-0.1, -0.05) is 6.42 Å². The highest BCUT2D eigenvalue weighted by Crippen LogP contribution is 2.30. The number of hydrogen-bond acceptors (Lipinski definition) is 2. The van der Waals surface area contributed by atoms with Gasteiger partial charge in [0.2, 0.25) is 0 Å².